The van der Waals surface area contributed by atoms with E-state index in [9.17, 15) is 5.11 Å². The second-order valence-corrected chi connectivity index (χ2v) is 7.19. The van der Waals surface area contributed by atoms with Crippen molar-refractivity contribution in [1.29, 1.82) is 0 Å². The summed E-state index contributed by atoms with van der Waals surface area (Å²) in [5, 5.41) is 13.9. The van der Waals surface area contributed by atoms with Gasteiger partial charge in [-0.3, -0.25) is 0 Å². The quantitative estimate of drug-likeness (QED) is 0.803. The van der Waals surface area contributed by atoms with Crippen LogP contribution in [0, 0.1) is 5.92 Å². The van der Waals surface area contributed by atoms with Gasteiger partial charge in [0, 0.05) is 24.9 Å². The van der Waals surface area contributed by atoms with Crippen LogP contribution in [0.3, 0.4) is 0 Å². The summed E-state index contributed by atoms with van der Waals surface area (Å²) < 4.78 is 12.2. The average Bonchev–Trinajstić information content (AvgIpc) is 3.12. The summed E-state index contributed by atoms with van der Waals surface area (Å²) in [7, 11) is 0. The zero-order valence-corrected chi connectivity index (χ0v) is 14.7. The molecule has 0 aromatic heterocycles. The molecule has 2 unspecified atom stereocenters. The van der Waals surface area contributed by atoms with E-state index in [2.05, 4.69) is 5.32 Å². The molecule has 2 fully saturated rings. The molecule has 0 spiro atoms. The van der Waals surface area contributed by atoms with Crippen LogP contribution in [-0.2, 0) is 9.47 Å². The number of aliphatic hydroxyl groups excluding tert-OH is 1. The highest BCUT2D eigenvalue weighted by Crippen LogP contribution is 2.40. The Labute approximate surface area is 145 Å². The lowest BCUT2D eigenvalue weighted by molar-refractivity contribution is -0.205. The van der Waals surface area contributed by atoms with Crippen LogP contribution in [0.25, 0.3) is 0 Å². The standard InChI is InChI=1S/C20H31NO3/c1-16(19(22)17-8-4-2-5-9-17)21-13-12-20(23-14-15-24-20)18-10-6-3-7-11-18/h2,4-5,8-9,16,18-19,21-22H,3,6-7,10-15H2,1H3. The van der Waals surface area contributed by atoms with Gasteiger partial charge in [0.1, 0.15) is 0 Å². The number of nitrogens with one attached hydrogen (secondary N) is 1. The highest BCUT2D eigenvalue weighted by molar-refractivity contribution is 5.18. The van der Waals surface area contributed by atoms with Crippen LogP contribution >= 0.6 is 0 Å². The minimum atomic E-state index is -0.498. The van der Waals surface area contributed by atoms with Crippen molar-refractivity contribution in [3.8, 4) is 0 Å². The molecule has 0 amide bonds. The Balaban J connectivity index is 1.52. The summed E-state index contributed by atoms with van der Waals surface area (Å²) in [6, 6.07) is 9.83. The maximum Gasteiger partial charge on any atom is 0.172 e. The van der Waals surface area contributed by atoms with Gasteiger partial charge in [-0.2, -0.15) is 0 Å². The van der Waals surface area contributed by atoms with Crippen molar-refractivity contribution in [1.82, 2.24) is 5.32 Å². The number of ether oxygens (including phenoxy) is 2. The predicted molar refractivity (Wildman–Crippen MR) is 94.7 cm³/mol. The number of hydrogen-bond donors (Lipinski definition) is 2. The van der Waals surface area contributed by atoms with E-state index in [0.717, 1.165) is 18.5 Å². The van der Waals surface area contributed by atoms with Crippen molar-refractivity contribution < 1.29 is 14.6 Å². The van der Waals surface area contributed by atoms with E-state index < -0.39 is 11.9 Å². The number of hydrogen-bond acceptors (Lipinski definition) is 4. The van der Waals surface area contributed by atoms with Gasteiger partial charge in [-0.05, 0) is 25.3 Å². The van der Waals surface area contributed by atoms with Crippen molar-refractivity contribution in [3.63, 3.8) is 0 Å². The fraction of sp³-hybridized carbons (Fsp3) is 0.700. The predicted octanol–water partition coefficient (Wildman–Crippen LogP) is 3.41. The molecule has 1 heterocycles. The van der Waals surface area contributed by atoms with E-state index in [4.69, 9.17) is 9.47 Å². The molecular weight excluding hydrogens is 302 g/mol. The Morgan fingerprint density at radius 3 is 2.46 bits per heavy atom. The van der Waals surface area contributed by atoms with Crippen LogP contribution in [0.15, 0.2) is 30.3 Å². The summed E-state index contributed by atoms with van der Waals surface area (Å²) in [6.07, 6.45) is 6.69. The smallest absolute Gasteiger partial charge is 0.172 e. The van der Waals surface area contributed by atoms with E-state index in [1.165, 1.54) is 32.1 Å². The molecule has 1 aromatic rings. The zero-order valence-electron chi connectivity index (χ0n) is 14.7. The molecule has 134 valence electrons. The average molecular weight is 333 g/mol. The van der Waals surface area contributed by atoms with Gasteiger partial charge in [0.25, 0.3) is 0 Å². The van der Waals surface area contributed by atoms with Gasteiger partial charge in [-0.15, -0.1) is 0 Å². The molecule has 1 aliphatic carbocycles. The van der Waals surface area contributed by atoms with Crippen molar-refractivity contribution in [2.24, 2.45) is 5.92 Å². The van der Waals surface area contributed by atoms with Crippen molar-refractivity contribution in [2.45, 2.75) is 63.4 Å². The second-order valence-electron chi connectivity index (χ2n) is 7.19. The van der Waals surface area contributed by atoms with Gasteiger partial charge in [0.15, 0.2) is 5.79 Å². The third kappa shape index (κ3) is 4.17. The van der Waals surface area contributed by atoms with Crippen molar-refractivity contribution in [3.05, 3.63) is 35.9 Å². The third-order valence-electron chi connectivity index (χ3n) is 5.56. The molecule has 0 bridgehead atoms. The molecular formula is C20H31NO3. The van der Waals surface area contributed by atoms with Gasteiger partial charge in [0.05, 0.1) is 19.3 Å². The lowest BCUT2D eigenvalue weighted by Gasteiger charge is -2.38. The van der Waals surface area contributed by atoms with E-state index >= 15 is 0 Å². The Kier molecular flexibility index (Phi) is 6.28. The molecule has 1 aromatic carbocycles. The summed E-state index contributed by atoms with van der Waals surface area (Å²) in [6.45, 7) is 4.24. The van der Waals surface area contributed by atoms with Crippen LogP contribution in [0.4, 0.5) is 0 Å². The van der Waals surface area contributed by atoms with Gasteiger partial charge < -0.3 is 19.9 Å². The first-order chi connectivity index (χ1) is 11.7. The molecule has 2 atom stereocenters. The first kappa shape index (κ1) is 17.9. The molecule has 4 heteroatoms. The van der Waals surface area contributed by atoms with Gasteiger partial charge >= 0.3 is 0 Å². The first-order valence-corrected chi connectivity index (χ1v) is 9.45. The minimum Gasteiger partial charge on any atom is -0.387 e. The van der Waals surface area contributed by atoms with Gasteiger partial charge in [0.2, 0.25) is 0 Å². The molecule has 1 aliphatic heterocycles. The fourth-order valence-electron chi connectivity index (χ4n) is 4.12. The normalized spacial score (nSPS) is 23.9. The molecule has 0 radical (unpaired) electrons. The van der Waals surface area contributed by atoms with Crippen LogP contribution < -0.4 is 5.32 Å². The van der Waals surface area contributed by atoms with Crippen LogP contribution in [0.1, 0.15) is 57.1 Å². The van der Waals surface area contributed by atoms with Gasteiger partial charge in [-0.25, -0.2) is 0 Å². The van der Waals surface area contributed by atoms with Crippen molar-refractivity contribution >= 4 is 0 Å². The maximum atomic E-state index is 10.5. The van der Waals surface area contributed by atoms with Crippen LogP contribution in [0.5, 0.6) is 0 Å². The lowest BCUT2D eigenvalue weighted by Crippen LogP contribution is -2.44. The summed E-state index contributed by atoms with van der Waals surface area (Å²) in [4.78, 5) is 0. The fourth-order valence-corrected chi connectivity index (χ4v) is 4.12. The number of aliphatic hydroxyl groups is 1. The summed E-state index contributed by atoms with van der Waals surface area (Å²) in [5.74, 6) is 0.120. The Morgan fingerprint density at radius 1 is 1.12 bits per heavy atom. The highest BCUT2D eigenvalue weighted by atomic mass is 16.7. The molecule has 2 aliphatic rings. The molecule has 3 rings (SSSR count). The lowest BCUT2D eigenvalue weighted by atomic mass is 9.81. The van der Waals surface area contributed by atoms with Crippen LogP contribution in [-0.4, -0.2) is 36.7 Å². The van der Waals surface area contributed by atoms with E-state index in [1.807, 2.05) is 37.3 Å². The Morgan fingerprint density at radius 2 is 1.79 bits per heavy atom. The first-order valence-electron chi connectivity index (χ1n) is 9.45. The molecule has 2 N–H and O–H groups in total. The van der Waals surface area contributed by atoms with E-state index in [1.54, 1.807) is 0 Å². The molecule has 24 heavy (non-hydrogen) atoms. The monoisotopic (exact) mass is 333 g/mol. The largest absolute Gasteiger partial charge is 0.387 e. The number of benzene rings is 1. The minimum absolute atomic E-state index is 0.00258. The second kappa shape index (κ2) is 8.43. The molecule has 1 saturated heterocycles. The SMILES string of the molecule is CC(NCCC1(C2CCCCC2)OCCO1)C(O)c1ccccc1. The number of rotatable bonds is 7. The third-order valence-corrected chi connectivity index (χ3v) is 5.56. The van der Waals surface area contributed by atoms with E-state index in [0.29, 0.717) is 19.1 Å². The highest BCUT2D eigenvalue weighted by Gasteiger charge is 2.44. The molecule has 1 saturated carbocycles. The molecule has 4 nitrogen and oxygen atoms in total. The Bertz CT molecular complexity index is 481. The van der Waals surface area contributed by atoms with Crippen molar-refractivity contribution in [2.75, 3.05) is 19.8 Å². The van der Waals surface area contributed by atoms with E-state index in [-0.39, 0.29) is 6.04 Å². The van der Waals surface area contributed by atoms with Gasteiger partial charge in [-0.1, -0.05) is 49.6 Å². The summed E-state index contributed by atoms with van der Waals surface area (Å²) >= 11 is 0. The topological polar surface area (TPSA) is 50.7 Å². The summed E-state index contributed by atoms with van der Waals surface area (Å²) in [5.41, 5.74) is 0.952. The zero-order chi connectivity index (χ0) is 16.8. The Hall–Kier alpha value is -0.940. The maximum absolute atomic E-state index is 10.5. The van der Waals surface area contributed by atoms with Crippen LogP contribution in [0.2, 0.25) is 0 Å².